The van der Waals surface area contributed by atoms with Crippen LogP contribution in [0.2, 0.25) is 0 Å². The average Bonchev–Trinajstić information content (AvgIpc) is 3.58. The predicted molar refractivity (Wildman–Crippen MR) is 172 cm³/mol. The molecule has 10 heteroatoms. The van der Waals surface area contributed by atoms with E-state index in [0.29, 0.717) is 44.0 Å². The van der Waals surface area contributed by atoms with Crippen molar-refractivity contribution in [3.63, 3.8) is 0 Å². The maximum atomic E-state index is 15.7. The molecule has 0 aliphatic carbocycles. The zero-order valence-electron chi connectivity index (χ0n) is 23.7. The quantitative estimate of drug-likeness (QED) is 0.145. The van der Waals surface area contributed by atoms with E-state index < -0.39 is 28.3 Å². The van der Waals surface area contributed by atoms with Gasteiger partial charge in [0.2, 0.25) is 0 Å². The van der Waals surface area contributed by atoms with Crippen LogP contribution in [-0.2, 0) is 0 Å². The van der Waals surface area contributed by atoms with Crippen molar-refractivity contribution in [3.05, 3.63) is 118 Å². The molecule has 0 fully saturated rings. The fourth-order valence-electron chi connectivity index (χ4n) is 5.83. The number of nitrogens with zero attached hydrogens (tertiary/aromatic N) is 7. The van der Waals surface area contributed by atoms with Crippen molar-refractivity contribution >= 4 is 50.1 Å². The van der Waals surface area contributed by atoms with Crippen LogP contribution in [0.25, 0.3) is 71.1 Å². The summed E-state index contributed by atoms with van der Waals surface area (Å²) in [6.07, 6.45) is 0. The van der Waals surface area contributed by atoms with Gasteiger partial charge in [0.15, 0.2) is 17.3 Å². The van der Waals surface area contributed by atoms with Crippen LogP contribution < -0.4 is 0 Å². The summed E-state index contributed by atoms with van der Waals surface area (Å²) in [5.74, 6) is -2.14. The number of aromatic nitrogens is 3. The second-order valence-electron chi connectivity index (χ2n) is 10.5. The van der Waals surface area contributed by atoms with Gasteiger partial charge in [-0.15, -0.1) is 0 Å². The monoisotopic (exact) mass is 615 g/mol. The first kappa shape index (κ1) is 28.2. The SMILES string of the molecule is [C-]#[N+]c1cc(C#N)cc(-c2nc3cc(-c4c(F)c(C#N)c(C)c(C#N)c4F)ccc3c3c2cc(-c2ccccc2)c2nsnc23)c1. The summed E-state index contributed by atoms with van der Waals surface area (Å²) in [5, 5.41) is 30.9. The van der Waals surface area contributed by atoms with Crippen LogP contribution in [-0.4, -0.2) is 13.7 Å². The van der Waals surface area contributed by atoms with Gasteiger partial charge in [0, 0.05) is 27.3 Å². The van der Waals surface area contributed by atoms with Crippen molar-refractivity contribution in [1.82, 2.24) is 13.7 Å². The molecule has 0 unspecified atom stereocenters. The average molecular weight is 616 g/mol. The molecule has 0 aliphatic rings. The van der Waals surface area contributed by atoms with Crippen LogP contribution in [0.5, 0.6) is 0 Å². The second kappa shape index (κ2) is 10.8. The van der Waals surface area contributed by atoms with E-state index in [2.05, 4.69) is 19.7 Å². The summed E-state index contributed by atoms with van der Waals surface area (Å²) < 4.78 is 40.6. The molecule has 0 radical (unpaired) electrons. The molecule has 2 aromatic heterocycles. The molecule has 214 valence electrons. The van der Waals surface area contributed by atoms with E-state index in [1.54, 1.807) is 30.3 Å². The lowest BCUT2D eigenvalue weighted by atomic mass is 9.91. The minimum Gasteiger partial charge on any atom is -0.247 e. The highest BCUT2D eigenvalue weighted by Gasteiger charge is 2.25. The number of halogens is 2. The Bertz CT molecular complexity index is 2540. The summed E-state index contributed by atoms with van der Waals surface area (Å²) in [6.45, 7) is 8.94. The Labute approximate surface area is 264 Å². The predicted octanol–water partition coefficient (Wildman–Crippen LogP) is 9.15. The highest BCUT2D eigenvalue weighted by atomic mass is 32.1. The Morgan fingerprint density at radius 3 is 2.15 bits per heavy atom. The lowest BCUT2D eigenvalue weighted by molar-refractivity contribution is 0.582. The Morgan fingerprint density at radius 1 is 0.761 bits per heavy atom. The molecule has 0 saturated heterocycles. The number of rotatable bonds is 3. The molecule has 2 heterocycles. The number of pyridine rings is 1. The normalized spacial score (nSPS) is 10.8. The highest BCUT2D eigenvalue weighted by molar-refractivity contribution is 7.00. The van der Waals surface area contributed by atoms with Crippen LogP contribution in [0.4, 0.5) is 14.5 Å². The van der Waals surface area contributed by atoms with Crippen molar-refractivity contribution in [1.29, 1.82) is 15.8 Å². The van der Waals surface area contributed by atoms with Crippen LogP contribution in [0, 0.1) is 59.1 Å². The Hall–Kier alpha value is -6.59. The third-order valence-electron chi connectivity index (χ3n) is 7.97. The molecule has 7 aromatic rings. The fourth-order valence-corrected chi connectivity index (χ4v) is 6.39. The third-order valence-corrected chi connectivity index (χ3v) is 8.50. The van der Waals surface area contributed by atoms with Gasteiger partial charge >= 0.3 is 0 Å². The van der Waals surface area contributed by atoms with Crippen molar-refractivity contribution in [2.75, 3.05) is 0 Å². The van der Waals surface area contributed by atoms with E-state index in [0.717, 1.165) is 22.9 Å². The smallest absolute Gasteiger partial charge is 0.189 e. The first-order chi connectivity index (χ1) is 22.4. The van der Waals surface area contributed by atoms with Crippen LogP contribution in [0.1, 0.15) is 22.3 Å². The molecular weight excluding hydrogens is 601 g/mol. The summed E-state index contributed by atoms with van der Waals surface area (Å²) in [5.41, 5.74) is 3.41. The number of hydrogen-bond acceptors (Lipinski definition) is 7. The fraction of sp³-hybridized carbons (Fsp3) is 0.0278. The van der Waals surface area contributed by atoms with E-state index in [1.807, 2.05) is 36.4 Å². The second-order valence-corrected chi connectivity index (χ2v) is 11.0. The minimum atomic E-state index is -1.07. The van der Waals surface area contributed by atoms with Gasteiger partial charge in [0.05, 0.1) is 52.3 Å². The Morgan fingerprint density at radius 2 is 1.48 bits per heavy atom. The Kier molecular flexibility index (Phi) is 6.65. The molecule has 0 amide bonds. The molecule has 0 spiro atoms. The number of hydrogen-bond donors (Lipinski definition) is 0. The van der Waals surface area contributed by atoms with E-state index >= 15 is 8.78 Å². The lowest BCUT2D eigenvalue weighted by Gasteiger charge is -2.15. The minimum absolute atomic E-state index is 0.0726. The van der Waals surface area contributed by atoms with E-state index in [-0.39, 0.29) is 22.4 Å². The maximum Gasteiger partial charge on any atom is 0.189 e. The van der Waals surface area contributed by atoms with Crippen LogP contribution in [0.15, 0.2) is 72.8 Å². The van der Waals surface area contributed by atoms with Crippen LogP contribution in [0.3, 0.4) is 0 Å². The molecule has 46 heavy (non-hydrogen) atoms. The largest absolute Gasteiger partial charge is 0.247 e. The molecule has 0 atom stereocenters. The summed E-state index contributed by atoms with van der Waals surface area (Å²) in [7, 11) is 0. The number of fused-ring (bicyclic) bond motifs is 5. The van der Waals surface area contributed by atoms with Gasteiger partial charge in [-0.1, -0.05) is 42.5 Å². The van der Waals surface area contributed by atoms with Gasteiger partial charge in [-0.2, -0.15) is 24.5 Å². The first-order valence-corrected chi connectivity index (χ1v) is 14.4. The van der Waals surface area contributed by atoms with Crippen molar-refractivity contribution in [2.24, 2.45) is 0 Å². The van der Waals surface area contributed by atoms with E-state index in [1.165, 1.54) is 25.1 Å². The third kappa shape index (κ3) is 4.22. The molecule has 5 aromatic carbocycles. The van der Waals surface area contributed by atoms with Crippen LogP contribution >= 0.6 is 11.7 Å². The van der Waals surface area contributed by atoms with Gasteiger partial charge < -0.3 is 0 Å². The van der Waals surface area contributed by atoms with Gasteiger partial charge in [0.1, 0.15) is 23.2 Å². The molecule has 0 aliphatic heterocycles. The molecular formula is C36H15F2N7S. The zero-order valence-corrected chi connectivity index (χ0v) is 24.5. The molecule has 0 saturated carbocycles. The standard InChI is InChI=1S/C36H15F2N7S/c1-18-27(16-40)32(37)30(33(38)28(18)17-41)21-8-9-24-29(13-21)43-34(22-10-19(15-39)11-23(12-22)42-2)26-14-25(20-6-4-3-5-7-20)35-36(31(24)26)45-46-44-35/h3-14H,1H3. The molecule has 0 N–H and O–H groups in total. The van der Waals surface area contributed by atoms with Crippen molar-refractivity contribution < 1.29 is 8.78 Å². The topological polar surface area (TPSA) is 114 Å². The molecule has 7 nitrogen and oxygen atoms in total. The molecule has 0 bridgehead atoms. The van der Waals surface area contributed by atoms with Gasteiger partial charge in [-0.05, 0) is 59.5 Å². The summed E-state index contributed by atoms with van der Waals surface area (Å²) >= 11 is 1.05. The lowest BCUT2D eigenvalue weighted by Crippen LogP contribution is -2.03. The van der Waals surface area contributed by atoms with Gasteiger partial charge in [0.25, 0.3) is 0 Å². The zero-order chi connectivity index (χ0) is 32.1. The Balaban J connectivity index is 1.64. The van der Waals surface area contributed by atoms with Crippen molar-refractivity contribution in [3.8, 4) is 51.7 Å². The van der Waals surface area contributed by atoms with E-state index in [4.69, 9.17) is 11.6 Å². The molecule has 7 rings (SSSR count). The van der Waals surface area contributed by atoms with E-state index in [9.17, 15) is 15.8 Å². The summed E-state index contributed by atoms with van der Waals surface area (Å²) in [4.78, 5) is 8.51. The summed E-state index contributed by atoms with van der Waals surface area (Å²) in [6, 6.07) is 26.7. The number of benzene rings is 5. The van der Waals surface area contributed by atoms with Gasteiger partial charge in [-0.25, -0.2) is 18.6 Å². The maximum absolute atomic E-state index is 15.7. The van der Waals surface area contributed by atoms with Crippen molar-refractivity contribution in [2.45, 2.75) is 6.92 Å². The highest BCUT2D eigenvalue weighted by Crippen LogP contribution is 2.43. The van der Waals surface area contributed by atoms with Gasteiger partial charge in [-0.3, -0.25) is 0 Å². The first-order valence-electron chi connectivity index (χ1n) is 13.7. The number of nitriles is 3.